The van der Waals surface area contributed by atoms with Crippen LogP contribution in [0.5, 0.6) is 0 Å². The lowest BCUT2D eigenvalue weighted by Gasteiger charge is -2.34. The number of nitrogens with zero attached hydrogens (tertiary/aromatic N) is 4. The molecule has 0 aliphatic carbocycles. The third-order valence-electron chi connectivity index (χ3n) is 3.48. The van der Waals surface area contributed by atoms with Gasteiger partial charge >= 0.3 is 5.69 Å². The molecule has 0 spiro atoms. The van der Waals surface area contributed by atoms with Crippen LogP contribution in [0.4, 0.5) is 11.5 Å². The zero-order valence-corrected chi connectivity index (χ0v) is 13.5. The molecule has 1 aromatic heterocycles. The summed E-state index contributed by atoms with van der Waals surface area (Å²) in [5.41, 5.74) is -0.0246. The van der Waals surface area contributed by atoms with Gasteiger partial charge in [-0.3, -0.25) is 10.1 Å². The van der Waals surface area contributed by atoms with Crippen LogP contribution in [0, 0.1) is 10.1 Å². The van der Waals surface area contributed by atoms with Crippen LogP contribution >= 0.6 is 11.8 Å². The van der Waals surface area contributed by atoms with E-state index >= 15 is 0 Å². The largest absolute Gasteiger partial charge is 0.345 e. The Morgan fingerprint density at radius 2 is 1.90 bits per heavy atom. The second kappa shape index (κ2) is 7.42. The Morgan fingerprint density at radius 1 is 1.35 bits per heavy atom. The molecule has 1 rings (SSSR count). The Bertz CT molecular complexity index is 460. The molecule has 1 aromatic rings. The summed E-state index contributed by atoms with van der Waals surface area (Å²) in [5.74, 6) is 0.429. The van der Waals surface area contributed by atoms with Crippen molar-refractivity contribution >= 4 is 23.3 Å². The van der Waals surface area contributed by atoms with Gasteiger partial charge in [0.1, 0.15) is 6.20 Å². The monoisotopic (exact) mass is 298 g/mol. The Hall–Kier alpha value is -1.37. The number of aromatic nitrogens is 2. The minimum Gasteiger partial charge on any atom is -0.345 e. The summed E-state index contributed by atoms with van der Waals surface area (Å²) in [6.45, 7) is 8.28. The van der Waals surface area contributed by atoms with E-state index in [2.05, 4.69) is 37.7 Å². The standard InChI is InChI=1S/C13H22N4O2S/c1-6-9(3)16(10(4)7-2)12-11(17(18)19)8-14-13(15-12)20-5/h8-10H,6-7H2,1-5H3. The van der Waals surface area contributed by atoms with E-state index in [4.69, 9.17) is 0 Å². The fourth-order valence-corrected chi connectivity index (χ4v) is 2.35. The number of anilines is 1. The highest BCUT2D eigenvalue weighted by molar-refractivity contribution is 7.98. The normalized spacial score (nSPS) is 13.8. The minimum absolute atomic E-state index is 0.0246. The number of hydrogen-bond acceptors (Lipinski definition) is 6. The van der Waals surface area contributed by atoms with Crippen molar-refractivity contribution in [2.24, 2.45) is 0 Å². The Labute approximate surface area is 124 Å². The molecule has 7 heteroatoms. The summed E-state index contributed by atoms with van der Waals surface area (Å²) in [7, 11) is 0. The van der Waals surface area contributed by atoms with E-state index in [0.717, 1.165) is 12.8 Å². The molecule has 0 amide bonds. The predicted octanol–water partition coefficient (Wildman–Crippen LogP) is 3.51. The van der Waals surface area contributed by atoms with Gasteiger partial charge in [0.2, 0.25) is 5.82 Å². The Balaban J connectivity index is 3.39. The highest BCUT2D eigenvalue weighted by Crippen LogP contribution is 2.31. The maximum atomic E-state index is 11.2. The maximum Gasteiger partial charge on any atom is 0.329 e. The van der Waals surface area contributed by atoms with E-state index in [1.165, 1.54) is 18.0 Å². The minimum atomic E-state index is -0.406. The molecule has 0 radical (unpaired) electrons. The quantitative estimate of drug-likeness (QED) is 0.332. The van der Waals surface area contributed by atoms with Crippen LogP contribution in [-0.4, -0.2) is 33.2 Å². The third kappa shape index (κ3) is 3.59. The summed E-state index contributed by atoms with van der Waals surface area (Å²) >= 11 is 1.39. The van der Waals surface area contributed by atoms with Gasteiger partial charge in [-0.15, -0.1) is 0 Å². The van der Waals surface area contributed by atoms with Crippen molar-refractivity contribution in [3.8, 4) is 0 Å². The highest BCUT2D eigenvalue weighted by Gasteiger charge is 2.28. The van der Waals surface area contributed by atoms with Crippen LogP contribution in [0.1, 0.15) is 40.5 Å². The molecule has 6 nitrogen and oxygen atoms in total. The fourth-order valence-electron chi connectivity index (χ4n) is 2.01. The molecule has 0 bridgehead atoms. The zero-order chi connectivity index (χ0) is 15.3. The Morgan fingerprint density at radius 3 is 2.30 bits per heavy atom. The van der Waals surface area contributed by atoms with Gasteiger partial charge in [-0.05, 0) is 32.9 Å². The van der Waals surface area contributed by atoms with Gasteiger partial charge in [-0.25, -0.2) is 4.98 Å². The molecule has 2 unspecified atom stereocenters. The smallest absolute Gasteiger partial charge is 0.329 e. The lowest BCUT2D eigenvalue weighted by atomic mass is 10.1. The van der Waals surface area contributed by atoms with Crippen molar-refractivity contribution in [3.05, 3.63) is 16.3 Å². The van der Waals surface area contributed by atoms with Gasteiger partial charge < -0.3 is 4.90 Å². The van der Waals surface area contributed by atoms with E-state index < -0.39 is 4.92 Å². The average molecular weight is 298 g/mol. The first kappa shape index (κ1) is 16.7. The fraction of sp³-hybridized carbons (Fsp3) is 0.692. The van der Waals surface area contributed by atoms with E-state index in [1.807, 2.05) is 11.2 Å². The lowest BCUT2D eigenvalue weighted by molar-refractivity contribution is -0.384. The molecule has 0 saturated heterocycles. The molecule has 0 aliphatic rings. The molecule has 0 saturated carbocycles. The van der Waals surface area contributed by atoms with E-state index in [0.29, 0.717) is 11.0 Å². The van der Waals surface area contributed by atoms with Crippen LogP contribution < -0.4 is 4.90 Å². The first-order valence-corrected chi connectivity index (χ1v) is 8.02. The first-order valence-electron chi connectivity index (χ1n) is 6.79. The van der Waals surface area contributed by atoms with Crippen LogP contribution in [0.2, 0.25) is 0 Å². The van der Waals surface area contributed by atoms with Crippen molar-refractivity contribution in [1.29, 1.82) is 0 Å². The highest BCUT2D eigenvalue weighted by atomic mass is 32.2. The molecule has 112 valence electrons. The number of hydrogen-bond donors (Lipinski definition) is 0. The second-order valence-electron chi connectivity index (χ2n) is 4.74. The molecular formula is C13H22N4O2S. The van der Waals surface area contributed by atoms with E-state index in [1.54, 1.807) is 0 Å². The summed E-state index contributed by atoms with van der Waals surface area (Å²) in [6, 6.07) is 0.376. The molecule has 0 fully saturated rings. The van der Waals surface area contributed by atoms with Crippen LogP contribution in [0.25, 0.3) is 0 Å². The number of thioether (sulfide) groups is 1. The van der Waals surface area contributed by atoms with Gasteiger partial charge in [0.15, 0.2) is 5.16 Å². The predicted molar refractivity (Wildman–Crippen MR) is 82.5 cm³/mol. The van der Waals surface area contributed by atoms with E-state index in [9.17, 15) is 10.1 Å². The molecular weight excluding hydrogens is 276 g/mol. The van der Waals surface area contributed by atoms with Crippen LogP contribution in [0.15, 0.2) is 11.4 Å². The number of nitro groups is 1. The summed E-state index contributed by atoms with van der Waals surface area (Å²) in [5, 5.41) is 11.8. The summed E-state index contributed by atoms with van der Waals surface area (Å²) in [6.07, 6.45) is 4.98. The molecule has 0 aliphatic heterocycles. The van der Waals surface area contributed by atoms with Gasteiger partial charge in [0.05, 0.1) is 4.92 Å². The summed E-state index contributed by atoms with van der Waals surface area (Å²) < 4.78 is 0. The second-order valence-corrected chi connectivity index (χ2v) is 5.52. The van der Waals surface area contributed by atoms with Gasteiger partial charge in [-0.2, -0.15) is 4.98 Å². The average Bonchev–Trinajstić information content (AvgIpc) is 2.46. The van der Waals surface area contributed by atoms with Crippen molar-refractivity contribution in [2.75, 3.05) is 11.2 Å². The SMILES string of the molecule is CCC(C)N(c1nc(SC)ncc1[N+](=O)[O-])C(C)CC. The maximum absolute atomic E-state index is 11.2. The molecule has 1 heterocycles. The van der Waals surface area contributed by atoms with Gasteiger partial charge in [0.25, 0.3) is 0 Å². The molecule has 0 aromatic carbocycles. The van der Waals surface area contributed by atoms with Crippen molar-refractivity contribution in [3.63, 3.8) is 0 Å². The van der Waals surface area contributed by atoms with E-state index in [-0.39, 0.29) is 17.8 Å². The van der Waals surface area contributed by atoms with Crippen molar-refractivity contribution in [2.45, 2.75) is 57.8 Å². The van der Waals surface area contributed by atoms with Gasteiger partial charge in [-0.1, -0.05) is 25.6 Å². The molecule has 2 atom stereocenters. The lowest BCUT2D eigenvalue weighted by Crippen LogP contribution is -2.41. The van der Waals surface area contributed by atoms with Gasteiger partial charge in [0, 0.05) is 12.1 Å². The zero-order valence-electron chi connectivity index (χ0n) is 12.7. The Kier molecular flexibility index (Phi) is 6.19. The topological polar surface area (TPSA) is 72.2 Å². The molecule has 20 heavy (non-hydrogen) atoms. The van der Waals surface area contributed by atoms with Crippen molar-refractivity contribution < 1.29 is 4.92 Å². The van der Waals surface area contributed by atoms with Crippen molar-refractivity contribution in [1.82, 2.24) is 9.97 Å². The number of rotatable bonds is 7. The molecule has 0 N–H and O–H groups in total. The van der Waals surface area contributed by atoms with Crippen LogP contribution in [-0.2, 0) is 0 Å². The third-order valence-corrected chi connectivity index (χ3v) is 4.04. The summed E-state index contributed by atoms with van der Waals surface area (Å²) in [4.78, 5) is 21.3. The first-order chi connectivity index (χ1) is 9.46. The van der Waals surface area contributed by atoms with Crippen LogP contribution in [0.3, 0.4) is 0 Å².